The van der Waals surface area contributed by atoms with Crippen molar-refractivity contribution in [1.29, 1.82) is 0 Å². The second kappa shape index (κ2) is 7.95. The van der Waals surface area contributed by atoms with Gasteiger partial charge in [0.2, 0.25) is 0 Å². The van der Waals surface area contributed by atoms with Crippen molar-refractivity contribution in [2.45, 2.75) is 45.4 Å². The predicted molar refractivity (Wildman–Crippen MR) is 96.6 cm³/mol. The molecule has 2 rings (SSSR count). The Morgan fingerprint density at radius 3 is 2.38 bits per heavy atom. The van der Waals surface area contributed by atoms with Crippen LogP contribution in [0.25, 0.3) is 0 Å². The zero-order chi connectivity index (χ0) is 19.4. The third-order valence-electron chi connectivity index (χ3n) is 4.19. The zero-order valence-electron chi connectivity index (χ0n) is 15.9. The lowest BCUT2D eigenvalue weighted by molar-refractivity contribution is -0.0452. The molecule has 1 aromatic rings. The van der Waals surface area contributed by atoms with Crippen molar-refractivity contribution in [1.82, 2.24) is 9.80 Å². The third kappa shape index (κ3) is 5.11. The molecule has 7 nitrogen and oxygen atoms in total. The summed E-state index contributed by atoms with van der Waals surface area (Å²) in [6.07, 6.45) is -0.955. The van der Waals surface area contributed by atoms with Crippen molar-refractivity contribution in [3.63, 3.8) is 0 Å². The van der Waals surface area contributed by atoms with Crippen LogP contribution in [-0.2, 0) is 16.1 Å². The number of ether oxygens (including phenoxy) is 2. The van der Waals surface area contributed by atoms with Crippen LogP contribution in [0.15, 0.2) is 30.3 Å². The number of piperazine rings is 1. The molecule has 1 aliphatic rings. The summed E-state index contributed by atoms with van der Waals surface area (Å²) in [5.41, 5.74) is -0.649. The predicted octanol–water partition coefficient (Wildman–Crippen LogP) is 2.63. The van der Waals surface area contributed by atoms with Gasteiger partial charge in [-0.3, -0.25) is 4.90 Å². The second-order valence-electron chi connectivity index (χ2n) is 7.75. The Hall–Kier alpha value is -2.28. The molecule has 1 aliphatic heterocycles. The molecular weight excluding hydrogens is 336 g/mol. The van der Waals surface area contributed by atoms with E-state index in [1.807, 2.05) is 30.3 Å². The van der Waals surface area contributed by atoms with E-state index in [0.29, 0.717) is 6.54 Å². The van der Waals surface area contributed by atoms with E-state index >= 15 is 0 Å². The Bertz CT molecular complexity index is 629. The van der Waals surface area contributed by atoms with Gasteiger partial charge in [0.05, 0.1) is 12.1 Å². The fraction of sp³-hybridized carbons (Fsp3) is 0.579. The van der Waals surface area contributed by atoms with Crippen molar-refractivity contribution in [2.75, 3.05) is 26.2 Å². The van der Waals surface area contributed by atoms with E-state index in [1.54, 1.807) is 27.7 Å². The molecule has 1 saturated heterocycles. The van der Waals surface area contributed by atoms with Gasteiger partial charge in [-0.2, -0.15) is 0 Å². The highest BCUT2D eigenvalue weighted by atomic mass is 16.6. The smallest absolute Gasteiger partial charge is 0.410 e. The Balaban J connectivity index is 1.98. The van der Waals surface area contributed by atoms with E-state index in [4.69, 9.17) is 9.47 Å². The van der Waals surface area contributed by atoms with E-state index in [2.05, 4.69) is 0 Å². The first-order valence-corrected chi connectivity index (χ1v) is 8.72. The standard InChI is InChI=1S/C19H28N2O5/c1-18(2,3)26-17(24)21-11-10-20(13-19(21,4)14-22)16(23)25-12-15-8-6-5-7-9-15/h5-9,22H,10-14H2,1-4H3. The largest absolute Gasteiger partial charge is 0.445 e. The molecule has 0 spiro atoms. The quantitative estimate of drug-likeness (QED) is 0.892. The Labute approximate surface area is 154 Å². The number of aliphatic hydroxyl groups is 1. The van der Waals surface area contributed by atoms with Gasteiger partial charge in [0, 0.05) is 19.6 Å². The summed E-state index contributed by atoms with van der Waals surface area (Å²) in [5, 5.41) is 9.85. The summed E-state index contributed by atoms with van der Waals surface area (Å²) in [7, 11) is 0. The van der Waals surface area contributed by atoms with E-state index in [0.717, 1.165) is 5.56 Å². The number of hydrogen-bond donors (Lipinski definition) is 1. The first-order chi connectivity index (χ1) is 12.1. The number of benzene rings is 1. The number of amides is 2. The highest BCUT2D eigenvalue weighted by Crippen LogP contribution is 2.24. The van der Waals surface area contributed by atoms with Crippen LogP contribution in [0.5, 0.6) is 0 Å². The fourth-order valence-corrected chi connectivity index (χ4v) is 2.80. The second-order valence-corrected chi connectivity index (χ2v) is 7.75. The van der Waals surface area contributed by atoms with Crippen molar-refractivity contribution < 1.29 is 24.2 Å². The summed E-state index contributed by atoms with van der Waals surface area (Å²) in [5.74, 6) is 0. The maximum absolute atomic E-state index is 12.4. The minimum Gasteiger partial charge on any atom is -0.445 e. The molecule has 1 unspecified atom stereocenters. The van der Waals surface area contributed by atoms with E-state index in [9.17, 15) is 14.7 Å². The molecule has 1 fully saturated rings. The maximum atomic E-state index is 12.4. The van der Waals surface area contributed by atoms with Crippen LogP contribution < -0.4 is 0 Å². The van der Waals surface area contributed by atoms with E-state index in [1.165, 1.54) is 9.80 Å². The molecule has 26 heavy (non-hydrogen) atoms. The van der Waals surface area contributed by atoms with Gasteiger partial charge in [0.1, 0.15) is 12.2 Å². The Kier molecular flexibility index (Phi) is 6.13. The lowest BCUT2D eigenvalue weighted by Crippen LogP contribution is -2.65. The van der Waals surface area contributed by atoms with Crippen LogP contribution in [0.4, 0.5) is 9.59 Å². The van der Waals surface area contributed by atoms with Gasteiger partial charge in [-0.15, -0.1) is 0 Å². The number of aliphatic hydroxyl groups excluding tert-OH is 1. The molecule has 1 atom stereocenters. The van der Waals surface area contributed by atoms with Crippen LogP contribution in [0, 0.1) is 0 Å². The molecule has 1 heterocycles. The number of nitrogens with zero attached hydrogens (tertiary/aromatic N) is 2. The lowest BCUT2D eigenvalue weighted by Gasteiger charge is -2.47. The molecule has 0 aliphatic carbocycles. The summed E-state index contributed by atoms with van der Waals surface area (Å²) >= 11 is 0. The minimum atomic E-state index is -0.924. The molecule has 7 heteroatoms. The van der Waals surface area contributed by atoms with E-state index in [-0.39, 0.29) is 26.3 Å². The van der Waals surface area contributed by atoms with Gasteiger partial charge < -0.3 is 19.5 Å². The molecule has 2 amide bonds. The zero-order valence-corrected chi connectivity index (χ0v) is 15.9. The van der Waals surface area contributed by atoms with Crippen molar-refractivity contribution in [2.24, 2.45) is 0 Å². The van der Waals surface area contributed by atoms with Gasteiger partial charge in [0.15, 0.2) is 0 Å². The summed E-state index contributed by atoms with van der Waals surface area (Å²) in [6, 6.07) is 9.42. The summed E-state index contributed by atoms with van der Waals surface area (Å²) in [4.78, 5) is 27.8. The molecule has 0 radical (unpaired) electrons. The van der Waals surface area contributed by atoms with Gasteiger partial charge in [-0.25, -0.2) is 9.59 Å². The summed E-state index contributed by atoms with van der Waals surface area (Å²) < 4.78 is 10.8. The van der Waals surface area contributed by atoms with Gasteiger partial charge in [0.25, 0.3) is 0 Å². The number of hydrogen-bond acceptors (Lipinski definition) is 5. The molecule has 1 N–H and O–H groups in total. The molecule has 0 aromatic heterocycles. The average Bonchev–Trinajstić information content (AvgIpc) is 2.58. The third-order valence-corrected chi connectivity index (χ3v) is 4.19. The van der Waals surface area contributed by atoms with Crippen LogP contribution in [0.1, 0.15) is 33.3 Å². The van der Waals surface area contributed by atoms with Crippen molar-refractivity contribution in [3.05, 3.63) is 35.9 Å². The topological polar surface area (TPSA) is 79.3 Å². The van der Waals surface area contributed by atoms with Crippen molar-refractivity contribution in [3.8, 4) is 0 Å². The van der Waals surface area contributed by atoms with Crippen LogP contribution in [-0.4, -0.2) is 64.5 Å². The highest BCUT2D eigenvalue weighted by Gasteiger charge is 2.43. The average molecular weight is 364 g/mol. The molecule has 144 valence electrons. The number of rotatable bonds is 3. The molecular formula is C19H28N2O5. The van der Waals surface area contributed by atoms with Crippen LogP contribution in [0.3, 0.4) is 0 Å². The highest BCUT2D eigenvalue weighted by molar-refractivity contribution is 5.71. The lowest BCUT2D eigenvalue weighted by atomic mass is 9.98. The first-order valence-electron chi connectivity index (χ1n) is 8.72. The molecule has 1 aromatic carbocycles. The van der Waals surface area contributed by atoms with Gasteiger partial charge in [-0.05, 0) is 33.3 Å². The normalized spacial score (nSPS) is 20.7. The minimum absolute atomic E-state index is 0.177. The van der Waals surface area contributed by atoms with Crippen molar-refractivity contribution >= 4 is 12.2 Å². The van der Waals surface area contributed by atoms with E-state index < -0.39 is 23.3 Å². The van der Waals surface area contributed by atoms with Gasteiger partial charge in [-0.1, -0.05) is 30.3 Å². The number of carbonyl (C=O) groups is 2. The van der Waals surface area contributed by atoms with Gasteiger partial charge >= 0.3 is 12.2 Å². The SMILES string of the molecule is CC(C)(C)OC(=O)N1CCN(C(=O)OCc2ccccc2)CC1(C)CO. The first kappa shape index (κ1) is 20.0. The Morgan fingerprint density at radius 1 is 1.15 bits per heavy atom. The Morgan fingerprint density at radius 2 is 1.81 bits per heavy atom. The number of carbonyl (C=O) groups excluding carboxylic acids is 2. The van der Waals surface area contributed by atoms with Crippen LogP contribution in [0.2, 0.25) is 0 Å². The molecule has 0 saturated carbocycles. The summed E-state index contributed by atoms with van der Waals surface area (Å²) in [6.45, 7) is 7.77. The maximum Gasteiger partial charge on any atom is 0.410 e. The molecule has 0 bridgehead atoms. The van der Waals surface area contributed by atoms with Crippen LogP contribution >= 0.6 is 0 Å². The monoisotopic (exact) mass is 364 g/mol. The fourth-order valence-electron chi connectivity index (χ4n) is 2.80.